The number of aromatic hydroxyl groups is 2. The minimum atomic E-state index is -3.55. The van der Waals surface area contributed by atoms with E-state index in [-0.39, 0.29) is 18.0 Å². The zero-order valence-corrected chi connectivity index (χ0v) is 13.3. The molecular weight excluding hydrogens is 318 g/mol. The van der Waals surface area contributed by atoms with Gasteiger partial charge in [-0.1, -0.05) is 18.7 Å². The van der Waals surface area contributed by atoms with Crippen molar-refractivity contribution in [3.63, 3.8) is 0 Å². The van der Waals surface area contributed by atoms with Crippen LogP contribution in [0.25, 0.3) is 11.1 Å². The Hall–Kier alpha value is -2.51. The summed E-state index contributed by atoms with van der Waals surface area (Å²) in [6.07, 6.45) is 0. The standard InChI is InChI=1S/C16H17NO5S/c1-3-23(20,21)17-10-12-4-6-13(22-2)9-14(12)11-5-7-15(18)16(19)8-11/h3-9,17-19H,1,10H2,2H3. The Labute approximate surface area is 134 Å². The van der Waals surface area contributed by atoms with Gasteiger partial charge in [0.2, 0.25) is 10.0 Å². The fourth-order valence-electron chi connectivity index (χ4n) is 2.03. The van der Waals surface area contributed by atoms with Gasteiger partial charge in [-0.2, -0.15) is 0 Å². The molecule has 0 aliphatic heterocycles. The van der Waals surface area contributed by atoms with Crippen molar-refractivity contribution in [3.8, 4) is 28.4 Å². The molecule has 0 heterocycles. The summed E-state index contributed by atoms with van der Waals surface area (Å²) in [5, 5.41) is 19.9. The highest BCUT2D eigenvalue weighted by Crippen LogP contribution is 2.34. The van der Waals surface area contributed by atoms with E-state index in [0.29, 0.717) is 22.4 Å². The number of hydrogen-bond acceptors (Lipinski definition) is 5. The summed E-state index contributed by atoms with van der Waals surface area (Å²) in [4.78, 5) is 0. The first kappa shape index (κ1) is 16.9. The van der Waals surface area contributed by atoms with E-state index >= 15 is 0 Å². The molecule has 6 nitrogen and oxygen atoms in total. The van der Waals surface area contributed by atoms with Crippen molar-refractivity contribution in [3.05, 3.63) is 53.9 Å². The van der Waals surface area contributed by atoms with Crippen molar-refractivity contribution in [1.29, 1.82) is 0 Å². The monoisotopic (exact) mass is 335 g/mol. The topological polar surface area (TPSA) is 95.9 Å². The highest BCUT2D eigenvalue weighted by atomic mass is 32.2. The van der Waals surface area contributed by atoms with Crippen LogP contribution in [0.4, 0.5) is 0 Å². The highest BCUT2D eigenvalue weighted by Gasteiger charge is 2.12. The molecule has 0 atom stereocenters. The number of nitrogens with one attached hydrogen (secondary N) is 1. The number of sulfonamides is 1. The maximum absolute atomic E-state index is 11.5. The minimum Gasteiger partial charge on any atom is -0.504 e. The second kappa shape index (κ2) is 6.72. The van der Waals surface area contributed by atoms with Crippen LogP contribution in [-0.2, 0) is 16.6 Å². The van der Waals surface area contributed by atoms with Crippen molar-refractivity contribution < 1.29 is 23.4 Å². The molecule has 0 saturated heterocycles. The van der Waals surface area contributed by atoms with Gasteiger partial charge in [0, 0.05) is 12.0 Å². The fourth-order valence-corrected chi connectivity index (χ4v) is 2.51. The molecule has 23 heavy (non-hydrogen) atoms. The summed E-state index contributed by atoms with van der Waals surface area (Å²) >= 11 is 0. The smallest absolute Gasteiger partial charge is 0.233 e. The molecule has 2 aromatic carbocycles. The van der Waals surface area contributed by atoms with Gasteiger partial charge in [0.1, 0.15) is 5.75 Å². The van der Waals surface area contributed by atoms with Gasteiger partial charge in [-0.15, -0.1) is 0 Å². The molecule has 0 aliphatic rings. The van der Waals surface area contributed by atoms with Gasteiger partial charge >= 0.3 is 0 Å². The van der Waals surface area contributed by atoms with Crippen molar-refractivity contribution in [2.24, 2.45) is 0 Å². The first-order valence-corrected chi connectivity index (χ1v) is 8.22. The Morgan fingerprint density at radius 2 is 1.91 bits per heavy atom. The Morgan fingerprint density at radius 1 is 1.17 bits per heavy atom. The number of rotatable bonds is 6. The summed E-state index contributed by atoms with van der Waals surface area (Å²) in [5.41, 5.74) is 1.97. The summed E-state index contributed by atoms with van der Waals surface area (Å²) in [7, 11) is -2.03. The molecule has 0 fully saturated rings. The summed E-state index contributed by atoms with van der Waals surface area (Å²) in [6, 6.07) is 9.54. The van der Waals surface area contributed by atoms with E-state index < -0.39 is 10.0 Å². The molecule has 0 unspecified atom stereocenters. The van der Waals surface area contributed by atoms with E-state index in [9.17, 15) is 18.6 Å². The van der Waals surface area contributed by atoms with Crippen LogP contribution in [0.1, 0.15) is 5.56 Å². The quantitative estimate of drug-likeness (QED) is 0.704. The van der Waals surface area contributed by atoms with Gasteiger partial charge in [-0.25, -0.2) is 13.1 Å². The molecule has 2 rings (SSSR count). The van der Waals surface area contributed by atoms with Crippen LogP contribution < -0.4 is 9.46 Å². The van der Waals surface area contributed by atoms with Crippen molar-refractivity contribution in [2.75, 3.05) is 7.11 Å². The number of hydrogen-bond donors (Lipinski definition) is 3. The fraction of sp³-hybridized carbons (Fsp3) is 0.125. The zero-order chi connectivity index (χ0) is 17.0. The molecule has 2 aromatic rings. The third kappa shape index (κ3) is 4.02. The predicted molar refractivity (Wildman–Crippen MR) is 87.7 cm³/mol. The molecule has 3 N–H and O–H groups in total. The summed E-state index contributed by atoms with van der Waals surface area (Å²) in [6.45, 7) is 3.29. The third-order valence-corrected chi connectivity index (χ3v) is 4.27. The molecule has 7 heteroatoms. The third-order valence-electron chi connectivity index (χ3n) is 3.29. The molecule has 0 saturated carbocycles. The van der Waals surface area contributed by atoms with Crippen LogP contribution >= 0.6 is 0 Å². The first-order valence-electron chi connectivity index (χ1n) is 6.67. The molecule has 0 bridgehead atoms. The lowest BCUT2D eigenvalue weighted by Gasteiger charge is -2.13. The first-order chi connectivity index (χ1) is 10.9. The van der Waals surface area contributed by atoms with Crippen LogP contribution in [0.15, 0.2) is 48.4 Å². The lowest BCUT2D eigenvalue weighted by molar-refractivity contribution is 0.404. The molecule has 0 aliphatic carbocycles. The number of ether oxygens (including phenoxy) is 1. The number of benzene rings is 2. The molecule has 122 valence electrons. The normalized spacial score (nSPS) is 11.2. The Morgan fingerprint density at radius 3 is 2.52 bits per heavy atom. The van der Waals surface area contributed by atoms with E-state index in [1.807, 2.05) is 0 Å². The number of phenols is 2. The molecule has 0 amide bonds. The largest absolute Gasteiger partial charge is 0.504 e. The van der Waals surface area contributed by atoms with Crippen molar-refractivity contribution in [2.45, 2.75) is 6.54 Å². The lowest BCUT2D eigenvalue weighted by Crippen LogP contribution is -2.20. The van der Waals surface area contributed by atoms with E-state index in [1.165, 1.54) is 19.2 Å². The molecular formula is C16H17NO5S. The van der Waals surface area contributed by atoms with Gasteiger partial charge < -0.3 is 14.9 Å². The van der Waals surface area contributed by atoms with Crippen LogP contribution in [0.3, 0.4) is 0 Å². The Kier molecular flexibility index (Phi) is 4.92. The van der Waals surface area contributed by atoms with Crippen molar-refractivity contribution >= 4 is 10.0 Å². The maximum Gasteiger partial charge on any atom is 0.233 e. The second-order valence-electron chi connectivity index (χ2n) is 4.76. The van der Waals surface area contributed by atoms with Gasteiger partial charge in [-0.3, -0.25) is 0 Å². The SMILES string of the molecule is C=CS(=O)(=O)NCc1ccc(OC)cc1-c1ccc(O)c(O)c1. The van der Waals surface area contributed by atoms with E-state index in [1.54, 1.807) is 24.3 Å². The summed E-state index contributed by atoms with van der Waals surface area (Å²) in [5.74, 6) is 0.0939. The second-order valence-corrected chi connectivity index (χ2v) is 6.47. The number of methoxy groups -OCH3 is 1. The summed E-state index contributed by atoms with van der Waals surface area (Å²) < 4.78 is 30.6. The Bertz CT molecular complexity index is 830. The minimum absolute atomic E-state index is 0.0509. The van der Waals surface area contributed by atoms with Gasteiger partial charge in [0.25, 0.3) is 0 Å². The molecule has 0 aromatic heterocycles. The van der Waals surface area contributed by atoms with Crippen molar-refractivity contribution in [1.82, 2.24) is 4.72 Å². The highest BCUT2D eigenvalue weighted by molar-refractivity contribution is 7.92. The average molecular weight is 335 g/mol. The van der Waals surface area contributed by atoms with Gasteiger partial charge in [0.15, 0.2) is 11.5 Å². The molecule has 0 radical (unpaired) electrons. The van der Waals surface area contributed by atoms with Crippen LogP contribution in [-0.4, -0.2) is 25.7 Å². The van der Waals surface area contributed by atoms with Gasteiger partial charge in [0.05, 0.1) is 7.11 Å². The molecule has 0 spiro atoms. The average Bonchev–Trinajstić information content (AvgIpc) is 2.55. The maximum atomic E-state index is 11.5. The van der Waals surface area contributed by atoms with E-state index in [0.717, 1.165) is 5.41 Å². The zero-order valence-electron chi connectivity index (χ0n) is 12.5. The van der Waals surface area contributed by atoms with Crippen LogP contribution in [0.2, 0.25) is 0 Å². The van der Waals surface area contributed by atoms with E-state index in [4.69, 9.17) is 4.74 Å². The van der Waals surface area contributed by atoms with Crippen LogP contribution in [0, 0.1) is 0 Å². The Balaban J connectivity index is 2.46. The van der Waals surface area contributed by atoms with Crippen LogP contribution in [0.5, 0.6) is 17.2 Å². The lowest BCUT2D eigenvalue weighted by atomic mass is 9.99. The van der Waals surface area contributed by atoms with Gasteiger partial charge in [-0.05, 0) is 41.0 Å². The number of phenolic OH excluding ortho intramolecular Hbond substituents is 2. The van der Waals surface area contributed by atoms with E-state index in [2.05, 4.69) is 11.3 Å². The predicted octanol–water partition coefficient (Wildman–Crippen LogP) is 2.34.